The van der Waals surface area contributed by atoms with Gasteiger partial charge in [-0.2, -0.15) is 0 Å². The van der Waals surface area contributed by atoms with Gasteiger partial charge < -0.3 is 0 Å². The Labute approximate surface area is 178 Å². The Bertz CT molecular complexity index is 1120. The maximum atomic E-state index is 7.33. The minimum atomic E-state index is -4.80. The number of fused-ring (bicyclic) bond motifs is 4. The topological polar surface area (TPSA) is 12.4 Å². The van der Waals surface area contributed by atoms with Crippen molar-refractivity contribution in [3.8, 4) is 0 Å². The van der Waals surface area contributed by atoms with Crippen molar-refractivity contribution < 1.29 is 14.9 Å². The molecule has 1 atom stereocenters. The second-order valence-corrected chi connectivity index (χ2v) is 34.0. The monoisotopic (exact) mass is 552 g/mol. The average Bonchev–Trinajstić information content (AvgIpc) is 3.24. The zero-order valence-electron chi connectivity index (χ0n) is 14.2. The van der Waals surface area contributed by atoms with Crippen molar-refractivity contribution in [1.82, 2.24) is 0 Å². The van der Waals surface area contributed by atoms with Crippen LogP contribution in [0.2, 0.25) is 0 Å². The van der Waals surface area contributed by atoms with Gasteiger partial charge in [-0.05, 0) is 0 Å². The summed E-state index contributed by atoms with van der Waals surface area (Å²) in [5.41, 5.74) is 5.92. The van der Waals surface area contributed by atoms with Crippen LogP contribution in [0.5, 0.6) is 0 Å². The first-order valence-electron chi connectivity index (χ1n) is 8.70. The van der Waals surface area contributed by atoms with E-state index < -0.39 is 14.9 Å². The van der Waals surface area contributed by atoms with Gasteiger partial charge in [0, 0.05) is 0 Å². The van der Waals surface area contributed by atoms with Crippen molar-refractivity contribution in [2.24, 2.45) is 4.99 Å². The second kappa shape index (κ2) is 6.31. The second-order valence-electron chi connectivity index (χ2n) is 7.14. The van der Waals surface area contributed by atoms with Crippen LogP contribution in [0.25, 0.3) is 12.2 Å². The Kier molecular flexibility index (Phi) is 4.36. The molecule has 2 aliphatic carbocycles. The Hall–Kier alpha value is -0.377. The van der Waals surface area contributed by atoms with E-state index in [1.807, 2.05) is 24.5 Å². The summed E-state index contributed by atoms with van der Waals surface area (Å²) in [5.74, 6) is 0.0814. The Morgan fingerprint density at radius 3 is 2.89 bits per heavy atom. The number of aliphatic imine (C=N–C) groups is 1. The molecule has 27 heavy (non-hydrogen) atoms. The van der Waals surface area contributed by atoms with E-state index in [2.05, 4.69) is 63.4 Å². The molecular formula is C21H15BrCl2NSZr. The molecule has 0 saturated heterocycles. The molecule has 1 nitrogen and oxygen atoms in total. The molecule has 2 aromatic rings. The van der Waals surface area contributed by atoms with E-state index >= 15 is 0 Å². The predicted molar refractivity (Wildman–Crippen MR) is 121 cm³/mol. The molecule has 3 aliphatic rings. The van der Waals surface area contributed by atoms with Gasteiger partial charge in [0.15, 0.2) is 0 Å². The van der Waals surface area contributed by atoms with E-state index in [-0.39, 0.29) is 5.92 Å². The van der Waals surface area contributed by atoms with Gasteiger partial charge >= 0.3 is 180 Å². The average molecular weight is 555 g/mol. The van der Waals surface area contributed by atoms with E-state index in [0.717, 1.165) is 28.6 Å². The van der Waals surface area contributed by atoms with E-state index in [9.17, 15) is 0 Å². The number of benzene rings is 2. The summed E-state index contributed by atoms with van der Waals surface area (Å²) < 4.78 is 2.95. The van der Waals surface area contributed by atoms with Gasteiger partial charge in [-0.25, -0.2) is 0 Å². The van der Waals surface area contributed by atoms with Gasteiger partial charge in [0.05, 0.1) is 0 Å². The van der Waals surface area contributed by atoms with Crippen LogP contribution in [0.15, 0.2) is 67.0 Å². The molecule has 0 fully saturated rings. The molecular weight excluding hydrogens is 540 g/mol. The molecule has 0 saturated carbocycles. The third-order valence-corrected chi connectivity index (χ3v) is 20.3. The molecule has 0 radical (unpaired) electrons. The van der Waals surface area contributed by atoms with E-state index in [1.165, 1.54) is 16.7 Å². The normalized spacial score (nSPS) is 21.0. The van der Waals surface area contributed by atoms with Crippen LogP contribution in [0.4, 0.5) is 0 Å². The molecule has 0 N–H and O–H groups in total. The molecule has 1 unspecified atom stereocenters. The standard InChI is InChI=1S/C12H7BrN.C9H7.2ClH.H2S.Zr/c13-10-1-2-11-9(6-10)5-8-3-4-14-7-12(8)11;1-2-5-9-7-3-6-8(9)4-1;;;;/h1-2,4-7,12H;1-4,7H,6H2;2*1H;1H2;/q;;;;;+3/p-3. The number of hydrogen-bond acceptors (Lipinski definition) is 2. The molecule has 1 heterocycles. The summed E-state index contributed by atoms with van der Waals surface area (Å²) in [5, 5.41) is 0. The van der Waals surface area contributed by atoms with E-state index in [4.69, 9.17) is 26.4 Å². The van der Waals surface area contributed by atoms with Crippen LogP contribution in [0, 0.1) is 0 Å². The van der Waals surface area contributed by atoms with Crippen LogP contribution >= 0.6 is 42.3 Å². The van der Waals surface area contributed by atoms with Gasteiger partial charge in [0.1, 0.15) is 0 Å². The quantitative estimate of drug-likeness (QED) is 0.402. The number of halogens is 3. The molecule has 0 bridgehead atoms. The molecule has 0 aromatic heterocycles. The fourth-order valence-electron chi connectivity index (χ4n) is 4.23. The molecule has 6 heteroatoms. The predicted octanol–water partition coefficient (Wildman–Crippen LogP) is 6.59. The molecule has 135 valence electrons. The zero-order valence-corrected chi connectivity index (χ0v) is 20.6. The Morgan fingerprint density at radius 2 is 2.04 bits per heavy atom. The van der Waals surface area contributed by atoms with Crippen LogP contribution in [-0.2, 0) is 21.4 Å². The third-order valence-electron chi connectivity index (χ3n) is 5.52. The number of thiol groups is 1. The van der Waals surface area contributed by atoms with Gasteiger partial charge in [-0.15, -0.1) is 0 Å². The summed E-state index contributed by atoms with van der Waals surface area (Å²) in [7, 11) is 19.7. The van der Waals surface area contributed by atoms with Crippen molar-refractivity contribution in [3.63, 3.8) is 0 Å². The molecule has 0 amide bonds. The molecule has 2 aromatic carbocycles. The van der Waals surface area contributed by atoms with Crippen LogP contribution in [0.3, 0.4) is 0 Å². The number of hydrogen-bond donors (Lipinski definition) is 1. The first-order valence-corrected chi connectivity index (χ1v) is 22.0. The Morgan fingerprint density at radius 1 is 1.19 bits per heavy atom. The SMILES string of the molecule is [SH][Zr]([Cl])([Cl])([C]1=CN=CC2C1=Cc1cc(Br)ccc12)[c]1cccc2c1C=CC2. The summed E-state index contributed by atoms with van der Waals surface area (Å²) in [4.78, 5) is 4.53. The van der Waals surface area contributed by atoms with Crippen molar-refractivity contribution in [1.29, 1.82) is 0 Å². The molecule has 1 aliphatic heterocycles. The van der Waals surface area contributed by atoms with Crippen molar-refractivity contribution in [2.45, 2.75) is 12.3 Å². The summed E-state index contributed by atoms with van der Waals surface area (Å²) in [6, 6.07) is 12.5. The number of allylic oxidation sites excluding steroid dienone is 3. The first kappa shape index (κ1) is 18.6. The van der Waals surface area contributed by atoms with Gasteiger partial charge in [-0.3, -0.25) is 0 Å². The van der Waals surface area contributed by atoms with Crippen molar-refractivity contribution in [3.05, 3.63) is 84.3 Å². The zero-order chi connectivity index (χ0) is 18.8. The summed E-state index contributed by atoms with van der Waals surface area (Å²) in [6.07, 6.45) is 11.2. The third kappa shape index (κ3) is 2.87. The Balaban J connectivity index is 1.70. The van der Waals surface area contributed by atoms with Crippen LogP contribution in [-0.4, -0.2) is 6.21 Å². The molecule has 5 rings (SSSR count). The summed E-state index contributed by atoms with van der Waals surface area (Å²) >= 11 is -1.24. The van der Waals surface area contributed by atoms with Crippen molar-refractivity contribution in [2.75, 3.05) is 0 Å². The minimum absolute atomic E-state index is 0.0814. The fourth-order valence-corrected chi connectivity index (χ4v) is 16.5. The van der Waals surface area contributed by atoms with Gasteiger partial charge in [-0.1, -0.05) is 0 Å². The molecule has 0 spiro atoms. The summed E-state index contributed by atoms with van der Waals surface area (Å²) in [6.45, 7) is 0. The van der Waals surface area contributed by atoms with Gasteiger partial charge in [0.2, 0.25) is 0 Å². The fraction of sp³-hybridized carbons (Fsp3) is 0.0952. The number of rotatable bonds is 2. The van der Waals surface area contributed by atoms with Crippen LogP contribution < -0.4 is 3.27 Å². The number of nitrogens with zero attached hydrogens (tertiary/aromatic N) is 1. The van der Waals surface area contributed by atoms with Gasteiger partial charge in [0.25, 0.3) is 0 Å². The van der Waals surface area contributed by atoms with Crippen molar-refractivity contribution >= 4 is 64.0 Å². The maximum absolute atomic E-state index is 7.33. The van der Waals surface area contributed by atoms with E-state index in [0.29, 0.717) is 0 Å². The van der Waals surface area contributed by atoms with Crippen LogP contribution in [0.1, 0.15) is 28.2 Å². The van der Waals surface area contributed by atoms with E-state index in [1.54, 1.807) is 0 Å². The first-order chi connectivity index (χ1) is 12.8.